The van der Waals surface area contributed by atoms with Crippen molar-refractivity contribution in [3.05, 3.63) is 23.8 Å². The van der Waals surface area contributed by atoms with Gasteiger partial charge in [0.25, 0.3) is 0 Å². The topological polar surface area (TPSA) is 38.0 Å². The van der Waals surface area contributed by atoms with Gasteiger partial charge in [-0.3, -0.25) is 0 Å². The molecular formula is C14H22N2. The van der Waals surface area contributed by atoms with Crippen LogP contribution in [0.15, 0.2) is 18.2 Å². The minimum absolute atomic E-state index is 0.854. The Morgan fingerprint density at radius 3 is 2.81 bits per heavy atom. The zero-order valence-corrected chi connectivity index (χ0v) is 10.3. The van der Waals surface area contributed by atoms with E-state index in [0.29, 0.717) is 0 Å². The van der Waals surface area contributed by atoms with Crippen molar-refractivity contribution >= 4 is 11.4 Å². The van der Waals surface area contributed by atoms with Crippen LogP contribution in [0.4, 0.5) is 11.4 Å². The molecular weight excluding hydrogens is 196 g/mol. The summed E-state index contributed by atoms with van der Waals surface area (Å²) in [6.45, 7) is 5.51. The summed E-state index contributed by atoms with van der Waals surface area (Å²) in [6, 6.07) is 6.18. The molecule has 1 aliphatic rings. The minimum atomic E-state index is 0.854. The molecule has 0 spiro atoms. The maximum Gasteiger partial charge on any atom is 0.0345 e. The predicted molar refractivity (Wildman–Crippen MR) is 70.6 cm³/mol. The van der Waals surface area contributed by atoms with Crippen LogP contribution in [0, 0.1) is 18.8 Å². The van der Waals surface area contributed by atoms with Gasteiger partial charge in [0, 0.05) is 17.9 Å². The first-order valence-corrected chi connectivity index (χ1v) is 6.25. The van der Waals surface area contributed by atoms with Crippen LogP contribution in [0.1, 0.15) is 31.7 Å². The molecule has 1 aromatic carbocycles. The summed E-state index contributed by atoms with van der Waals surface area (Å²) in [5, 5.41) is 3.52. The van der Waals surface area contributed by atoms with Crippen LogP contribution in [-0.2, 0) is 0 Å². The van der Waals surface area contributed by atoms with Crippen molar-refractivity contribution < 1.29 is 0 Å². The quantitative estimate of drug-likeness (QED) is 0.763. The van der Waals surface area contributed by atoms with Crippen molar-refractivity contribution in [3.63, 3.8) is 0 Å². The minimum Gasteiger partial charge on any atom is -0.399 e. The Bertz CT molecular complexity index is 360. The van der Waals surface area contributed by atoms with E-state index in [-0.39, 0.29) is 0 Å². The molecule has 1 saturated carbocycles. The molecule has 2 nitrogen and oxygen atoms in total. The lowest BCUT2D eigenvalue weighted by atomic mass is 10.1. The number of nitrogens with one attached hydrogen (secondary N) is 1. The summed E-state index contributed by atoms with van der Waals surface area (Å²) in [7, 11) is 0. The molecule has 88 valence electrons. The van der Waals surface area contributed by atoms with Crippen LogP contribution in [0.25, 0.3) is 0 Å². The molecule has 2 unspecified atom stereocenters. The van der Waals surface area contributed by atoms with E-state index in [1.165, 1.54) is 24.9 Å². The van der Waals surface area contributed by atoms with Gasteiger partial charge in [-0.15, -0.1) is 0 Å². The highest BCUT2D eigenvalue weighted by atomic mass is 14.9. The van der Waals surface area contributed by atoms with Gasteiger partial charge in [-0.25, -0.2) is 0 Å². The summed E-state index contributed by atoms with van der Waals surface area (Å²) in [5.74, 6) is 1.77. The lowest BCUT2D eigenvalue weighted by molar-refractivity contribution is 0.537. The second-order valence-corrected chi connectivity index (χ2v) is 5.24. The average Bonchev–Trinajstić information content (AvgIpc) is 2.66. The second-order valence-electron chi connectivity index (χ2n) is 5.24. The van der Waals surface area contributed by atoms with Gasteiger partial charge in [0.15, 0.2) is 0 Å². The van der Waals surface area contributed by atoms with E-state index >= 15 is 0 Å². The van der Waals surface area contributed by atoms with E-state index in [4.69, 9.17) is 5.73 Å². The van der Waals surface area contributed by atoms with Gasteiger partial charge in [0.05, 0.1) is 0 Å². The zero-order chi connectivity index (χ0) is 11.5. The van der Waals surface area contributed by atoms with Gasteiger partial charge in [0.2, 0.25) is 0 Å². The van der Waals surface area contributed by atoms with Crippen LogP contribution in [0.3, 0.4) is 0 Å². The van der Waals surface area contributed by atoms with E-state index in [9.17, 15) is 0 Å². The van der Waals surface area contributed by atoms with Gasteiger partial charge in [-0.05, 0) is 55.4 Å². The predicted octanol–water partition coefficient (Wildman–Crippen LogP) is 3.43. The molecule has 0 aromatic heterocycles. The Balaban J connectivity index is 1.87. The fourth-order valence-corrected chi connectivity index (χ4v) is 2.56. The van der Waals surface area contributed by atoms with Crippen LogP contribution in [-0.4, -0.2) is 6.54 Å². The van der Waals surface area contributed by atoms with E-state index in [1.54, 1.807) is 0 Å². The fourth-order valence-electron chi connectivity index (χ4n) is 2.56. The first kappa shape index (κ1) is 11.3. The van der Waals surface area contributed by atoms with Gasteiger partial charge < -0.3 is 11.1 Å². The number of rotatable bonds is 3. The molecule has 0 amide bonds. The molecule has 16 heavy (non-hydrogen) atoms. The van der Waals surface area contributed by atoms with Crippen LogP contribution < -0.4 is 11.1 Å². The summed E-state index contributed by atoms with van der Waals surface area (Å²) >= 11 is 0. The highest BCUT2D eigenvalue weighted by molar-refractivity contribution is 5.56. The maximum atomic E-state index is 5.80. The van der Waals surface area contributed by atoms with Crippen molar-refractivity contribution in [2.45, 2.75) is 33.1 Å². The number of hydrogen-bond donors (Lipinski definition) is 2. The molecule has 2 rings (SSSR count). The molecule has 2 atom stereocenters. The average molecular weight is 218 g/mol. The number of aryl methyl sites for hydroxylation is 1. The Morgan fingerprint density at radius 1 is 1.38 bits per heavy atom. The van der Waals surface area contributed by atoms with E-state index in [0.717, 1.165) is 29.6 Å². The van der Waals surface area contributed by atoms with Crippen molar-refractivity contribution in [1.29, 1.82) is 0 Å². The number of benzene rings is 1. The lowest BCUT2D eigenvalue weighted by Crippen LogP contribution is -2.11. The monoisotopic (exact) mass is 218 g/mol. The molecule has 1 aliphatic carbocycles. The summed E-state index contributed by atoms with van der Waals surface area (Å²) < 4.78 is 0. The molecule has 0 bridgehead atoms. The van der Waals surface area contributed by atoms with Crippen molar-refractivity contribution in [3.8, 4) is 0 Å². The number of hydrogen-bond acceptors (Lipinski definition) is 2. The normalized spacial score (nSPS) is 24.6. The fraction of sp³-hybridized carbons (Fsp3) is 0.571. The summed E-state index contributed by atoms with van der Waals surface area (Å²) in [5.41, 5.74) is 9.03. The van der Waals surface area contributed by atoms with Gasteiger partial charge in [-0.1, -0.05) is 13.3 Å². The van der Waals surface area contributed by atoms with Crippen LogP contribution in [0.5, 0.6) is 0 Å². The molecule has 0 heterocycles. The standard InChI is InChI=1S/C14H22N2/c1-10-3-4-12(7-10)9-16-13-5-6-14(15)11(2)8-13/h5-6,8,10,12,16H,3-4,7,9,15H2,1-2H3. The Labute approximate surface area is 98.2 Å². The third-order valence-corrected chi connectivity index (χ3v) is 3.67. The highest BCUT2D eigenvalue weighted by Crippen LogP contribution is 2.30. The van der Waals surface area contributed by atoms with E-state index in [2.05, 4.69) is 31.3 Å². The maximum absolute atomic E-state index is 5.80. The van der Waals surface area contributed by atoms with Crippen molar-refractivity contribution in [2.75, 3.05) is 17.6 Å². The highest BCUT2D eigenvalue weighted by Gasteiger charge is 2.20. The number of nitrogen functional groups attached to an aromatic ring is 1. The van der Waals surface area contributed by atoms with Gasteiger partial charge in [0.1, 0.15) is 0 Å². The number of nitrogens with two attached hydrogens (primary N) is 1. The molecule has 0 radical (unpaired) electrons. The Morgan fingerprint density at radius 2 is 2.19 bits per heavy atom. The van der Waals surface area contributed by atoms with Crippen LogP contribution in [0.2, 0.25) is 0 Å². The van der Waals surface area contributed by atoms with E-state index in [1.807, 2.05) is 6.07 Å². The van der Waals surface area contributed by atoms with Crippen molar-refractivity contribution in [1.82, 2.24) is 0 Å². The SMILES string of the molecule is Cc1cc(NCC2CCC(C)C2)ccc1N. The molecule has 0 aliphatic heterocycles. The second kappa shape index (κ2) is 4.77. The van der Waals surface area contributed by atoms with Crippen molar-refractivity contribution in [2.24, 2.45) is 11.8 Å². The van der Waals surface area contributed by atoms with Gasteiger partial charge >= 0.3 is 0 Å². The summed E-state index contributed by atoms with van der Waals surface area (Å²) in [6.07, 6.45) is 4.15. The van der Waals surface area contributed by atoms with Gasteiger partial charge in [-0.2, -0.15) is 0 Å². The Hall–Kier alpha value is -1.18. The van der Waals surface area contributed by atoms with Crippen LogP contribution >= 0.6 is 0 Å². The third kappa shape index (κ3) is 2.69. The molecule has 2 heteroatoms. The lowest BCUT2D eigenvalue weighted by Gasteiger charge is -2.13. The Kier molecular flexibility index (Phi) is 3.37. The van der Waals surface area contributed by atoms with E-state index < -0.39 is 0 Å². The zero-order valence-electron chi connectivity index (χ0n) is 10.3. The summed E-state index contributed by atoms with van der Waals surface area (Å²) in [4.78, 5) is 0. The first-order valence-electron chi connectivity index (χ1n) is 6.25. The number of anilines is 2. The third-order valence-electron chi connectivity index (χ3n) is 3.67. The smallest absolute Gasteiger partial charge is 0.0345 e. The first-order chi connectivity index (χ1) is 7.65. The molecule has 3 N–H and O–H groups in total. The molecule has 0 saturated heterocycles. The molecule has 1 fully saturated rings. The molecule has 1 aromatic rings. The largest absolute Gasteiger partial charge is 0.399 e.